The van der Waals surface area contributed by atoms with Gasteiger partial charge < -0.3 is 19.6 Å². The van der Waals surface area contributed by atoms with Gasteiger partial charge >= 0.3 is 0 Å². The van der Waals surface area contributed by atoms with E-state index in [1.807, 2.05) is 0 Å². The summed E-state index contributed by atoms with van der Waals surface area (Å²) < 4.78 is 10.5. The lowest BCUT2D eigenvalue weighted by atomic mass is 9.93. The van der Waals surface area contributed by atoms with Gasteiger partial charge in [-0.2, -0.15) is 0 Å². The number of oxime groups is 1. The van der Waals surface area contributed by atoms with Crippen LogP contribution in [0.2, 0.25) is 0 Å². The number of ether oxygens (including phenoxy) is 2. The normalized spacial score (nSPS) is 23.7. The highest BCUT2D eigenvalue weighted by Crippen LogP contribution is 2.16. The Hall–Kier alpha value is -0.650. The lowest BCUT2D eigenvalue weighted by molar-refractivity contribution is 0.0798. The molecule has 1 aliphatic heterocycles. The Balaban J connectivity index is 2.12. The molecular formula is C13H26N2O3. The van der Waals surface area contributed by atoms with Crippen LogP contribution in [-0.4, -0.2) is 62.4 Å². The maximum atomic E-state index is 8.91. The summed E-state index contributed by atoms with van der Waals surface area (Å²) in [7, 11) is 1.71. The maximum absolute atomic E-state index is 8.91. The third kappa shape index (κ3) is 5.33. The number of rotatable bonds is 8. The van der Waals surface area contributed by atoms with Crippen molar-refractivity contribution in [1.29, 1.82) is 0 Å². The van der Waals surface area contributed by atoms with Gasteiger partial charge in [-0.25, -0.2) is 0 Å². The van der Waals surface area contributed by atoms with Crippen molar-refractivity contribution < 1.29 is 14.7 Å². The Kier molecular flexibility index (Phi) is 7.96. The Labute approximate surface area is 110 Å². The molecule has 1 rings (SSSR count). The molecule has 5 nitrogen and oxygen atoms in total. The fraction of sp³-hybridized carbons (Fsp3) is 0.923. The SMILES string of the molecule is CCC1CN(CCOCCCOC)CCC1=NO. The first-order valence-corrected chi connectivity index (χ1v) is 6.81. The van der Waals surface area contributed by atoms with E-state index in [1.165, 1.54) is 0 Å². The molecule has 0 aromatic heterocycles. The molecule has 0 amide bonds. The standard InChI is InChI=1S/C13H26N2O3/c1-3-12-11-15(6-5-13(12)14-16)7-10-18-9-4-8-17-2/h12,16H,3-11H2,1-2H3. The van der Waals surface area contributed by atoms with Crippen molar-refractivity contribution in [3.8, 4) is 0 Å². The second-order valence-electron chi connectivity index (χ2n) is 4.71. The molecule has 0 aliphatic carbocycles. The predicted molar refractivity (Wildman–Crippen MR) is 71.4 cm³/mol. The van der Waals surface area contributed by atoms with Crippen LogP contribution in [0.5, 0.6) is 0 Å². The minimum Gasteiger partial charge on any atom is -0.411 e. The molecule has 1 unspecified atom stereocenters. The van der Waals surface area contributed by atoms with Crippen LogP contribution in [0, 0.1) is 5.92 Å². The predicted octanol–water partition coefficient (Wildman–Crippen LogP) is 1.60. The van der Waals surface area contributed by atoms with Gasteiger partial charge in [0.25, 0.3) is 0 Å². The molecule has 0 aromatic carbocycles. The van der Waals surface area contributed by atoms with Crippen LogP contribution in [0.1, 0.15) is 26.2 Å². The van der Waals surface area contributed by atoms with E-state index in [-0.39, 0.29) is 0 Å². The van der Waals surface area contributed by atoms with Crippen LogP contribution in [0.15, 0.2) is 5.16 Å². The van der Waals surface area contributed by atoms with Crippen LogP contribution in [0.4, 0.5) is 0 Å². The lowest BCUT2D eigenvalue weighted by Crippen LogP contribution is -2.42. The fourth-order valence-corrected chi connectivity index (χ4v) is 2.29. The average Bonchev–Trinajstić information content (AvgIpc) is 2.42. The summed E-state index contributed by atoms with van der Waals surface area (Å²) in [6.07, 6.45) is 2.86. The Morgan fingerprint density at radius 2 is 2.22 bits per heavy atom. The molecule has 0 saturated carbocycles. The molecule has 1 aliphatic rings. The molecule has 1 heterocycles. The third-order valence-corrected chi connectivity index (χ3v) is 3.44. The number of methoxy groups -OCH3 is 1. The summed E-state index contributed by atoms with van der Waals surface area (Å²) in [5.74, 6) is 0.400. The third-order valence-electron chi connectivity index (χ3n) is 3.44. The van der Waals surface area contributed by atoms with E-state index in [9.17, 15) is 0 Å². The Bertz CT molecular complexity index is 246. The summed E-state index contributed by atoms with van der Waals surface area (Å²) in [4.78, 5) is 2.39. The summed E-state index contributed by atoms with van der Waals surface area (Å²) in [6, 6.07) is 0. The highest BCUT2D eigenvalue weighted by Gasteiger charge is 2.24. The minimum absolute atomic E-state index is 0.400. The van der Waals surface area contributed by atoms with Gasteiger partial charge in [0, 0.05) is 52.3 Å². The van der Waals surface area contributed by atoms with Crippen molar-refractivity contribution in [1.82, 2.24) is 4.90 Å². The number of piperidine rings is 1. The van der Waals surface area contributed by atoms with Crippen LogP contribution >= 0.6 is 0 Å². The van der Waals surface area contributed by atoms with E-state index in [2.05, 4.69) is 17.0 Å². The molecule has 0 spiro atoms. The molecule has 5 heteroatoms. The molecule has 18 heavy (non-hydrogen) atoms. The fourth-order valence-electron chi connectivity index (χ4n) is 2.29. The molecule has 0 radical (unpaired) electrons. The first kappa shape index (κ1) is 15.4. The monoisotopic (exact) mass is 258 g/mol. The van der Waals surface area contributed by atoms with E-state index in [1.54, 1.807) is 7.11 Å². The summed E-state index contributed by atoms with van der Waals surface area (Å²) >= 11 is 0. The number of nitrogens with zero attached hydrogens (tertiary/aromatic N) is 2. The summed E-state index contributed by atoms with van der Waals surface area (Å²) in [5, 5.41) is 12.3. The molecule has 1 fully saturated rings. The van der Waals surface area contributed by atoms with Gasteiger partial charge in [0.1, 0.15) is 0 Å². The van der Waals surface area contributed by atoms with Gasteiger partial charge in [0.15, 0.2) is 0 Å². The Morgan fingerprint density at radius 1 is 1.39 bits per heavy atom. The van der Waals surface area contributed by atoms with Gasteiger partial charge in [-0.05, 0) is 12.8 Å². The van der Waals surface area contributed by atoms with Gasteiger partial charge in [-0.3, -0.25) is 0 Å². The zero-order valence-electron chi connectivity index (χ0n) is 11.6. The van der Waals surface area contributed by atoms with Crippen LogP contribution < -0.4 is 0 Å². The highest BCUT2D eigenvalue weighted by molar-refractivity contribution is 5.87. The van der Waals surface area contributed by atoms with Crippen molar-refractivity contribution in [2.24, 2.45) is 11.1 Å². The zero-order valence-corrected chi connectivity index (χ0v) is 11.6. The smallest absolute Gasteiger partial charge is 0.0627 e. The van der Waals surface area contributed by atoms with E-state index in [4.69, 9.17) is 14.7 Å². The van der Waals surface area contributed by atoms with Crippen molar-refractivity contribution in [3.05, 3.63) is 0 Å². The molecule has 1 atom stereocenters. The Morgan fingerprint density at radius 3 is 2.89 bits per heavy atom. The molecule has 0 aromatic rings. The first-order chi connectivity index (χ1) is 8.81. The molecule has 1 N–H and O–H groups in total. The van der Waals surface area contributed by atoms with Crippen LogP contribution in [0.3, 0.4) is 0 Å². The van der Waals surface area contributed by atoms with E-state index >= 15 is 0 Å². The molecule has 0 bridgehead atoms. The molecular weight excluding hydrogens is 232 g/mol. The lowest BCUT2D eigenvalue weighted by Gasteiger charge is -2.32. The molecule has 106 valence electrons. The van der Waals surface area contributed by atoms with Gasteiger partial charge in [-0.1, -0.05) is 12.1 Å². The summed E-state index contributed by atoms with van der Waals surface area (Å²) in [6.45, 7) is 7.35. The summed E-state index contributed by atoms with van der Waals surface area (Å²) in [5.41, 5.74) is 0.953. The number of hydrogen-bond donors (Lipinski definition) is 1. The van der Waals surface area contributed by atoms with Crippen molar-refractivity contribution in [2.75, 3.05) is 46.6 Å². The van der Waals surface area contributed by atoms with Gasteiger partial charge in [0.2, 0.25) is 0 Å². The topological polar surface area (TPSA) is 54.3 Å². The molecule has 1 saturated heterocycles. The second-order valence-corrected chi connectivity index (χ2v) is 4.71. The minimum atomic E-state index is 0.400. The quantitative estimate of drug-likeness (QED) is 0.408. The zero-order chi connectivity index (χ0) is 13.2. The number of hydrogen-bond acceptors (Lipinski definition) is 5. The number of likely N-dealkylation sites (tertiary alicyclic amines) is 1. The second kappa shape index (κ2) is 9.30. The van der Waals surface area contributed by atoms with Crippen molar-refractivity contribution in [2.45, 2.75) is 26.2 Å². The largest absolute Gasteiger partial charge is 0.411 e. The van der Waals surface area contributed by atoms with Crippen molar-refractivity contribution in [3.63, 3.8) is 0 Å². The van der Waals surface area contributed by atoms with E-state index in [0.29, 0.717) is 5.92 Å². The van der Waals surface area contributed by atoms with Gasteiger partial charge in [-0.15, -0.1) is 0 Å². The average molecular weight is 258 g/mol. The highest BCUT2D eigenvalue weighted by atomic mass is 16.5. The maximum Gasteiger partial charge on any atom is 0.0627 e. The first-order valence-electron chi connectivity index (χ1n) is 6.81. The van der Waals surface area contributed by atoms with E-state index < -0.39 is 0 Å². The van der Waals surface area contributed by atoms with E-state index in [0.717, 1.165) is 64.4 Å². The van der Waals surface area contributed by atoms with Crippen LogP contribution in [-0.2, 0) is 9.47 Å². The van der Waals surface area contributed by atoms with Crippen molar-refractivity contribution >= 4 is 5.71 Å². The van der Waals surface area contributed by atoms with Gasteiger partial charge in [0.05, 0.1) is 12.3 Å². The van der Waals surface area contributed by atoms with Crippen LogP contribution in [0.25, 0.3) is 0 Å².